The number of nitro groups is 1. The first kappa shape index (κ1) is 9.26. The largest absolute Gasteiger partial charge is 0.397 e. The van der Waals surface area contributed by atoms with Crippen molar-refractivity contribution < 1.29 is 4.92 Å². The zero-order chi connectivity index (χ0) is 11.0. The summed E-state index contributed by atoms with van der Waals surface area (Å²) >= 11 is 0. The molecule has 5 nitrogen and oxygen atoms in total. The topological polar surface area (TPSA) is 95.2 Å². The standard InChI is InChI=1S/C10H9N3O2/c11-8-5-6-3-1-2-4-7(6)10(9(8)12)13(14)15/h1-5H,11-12H2. The van der Waals surface area contributed by atoms with Crippen LogP contribution in [0.15, 0.2) is 30.3 Å². The minimum absolute atomic E-state index is 0.0266. The molecule has 0 bridgehead atoms. The molecule has 0 aliphatic rings. The summed E-state index contributed by atoms with van der Waals surface area (Å²) in [5.74, 6) is 0. The normalized spacial score (nSPS) is 10.4. The van der Waals surface area contributed by atoms with Gasteiger partial charge in [-0.1, -0.05) is 18.2 Å². The van der Waals surface area contributed by atoms with Gasteiger partial charge >= 0.3 is 5.69 Å². The van der Waals surface area contributed by atoms with E-state index in [1.165, 1.54) is 0 Å². The fraction of sp³-hybridized carbons (Fsp3) is 0. The fourth-order valence-electron chi connectivity index (χ4n) is 1.56. The zero-order valence-corrected chi connectivity index (χ0v) is 7.81. The van der Waals surface area contributed by atoms with Gasteiger partial charge in [0.15, 0.2) is 0 Å². The number of nitrogen functional groups attached to an aromatic ring is 2. The van der Waals surface area contributed by atoms with Crippen molar-refractivity contribution in [2.45, 2.75) is 0 Å². The van der Waals surface area contributed by atoms with Gasteiger partial charge in [0.2, 0.25) is 0 Å². The van der Waals surface area contributed by atoms with Crippen molar-refractivity contribution in [2.24, 2.45) is 0 Å². The summed E-state index contributed by atoms with van der Waals surface area (Å²) in [4.78, 5) is 10.4. The van der Waals surface area contributed by atoms with Crippen molar-refractivity contribution >= 4 is 27.8 Å². The molecule has 5 heteroatoms. The molecule has 0 saturated carbocycles. The molecule has 0 atom stereocenters. The first-order valence-electron chi connectivity index (χ1n) is 4.32. The van der Waals surface area contributed by atoms with E-state index in [-0.39, 0.29) is 17.1 Å². The third kappa shape index (κ3) is 1.34. The third-order valence-corrected chi connectivity index (χ3v) is 2.28. The van der Waals surface area contributed by atoms with E-state index in [0.717, 1.165) is 5.39 Å². The van der Waals surface area contributed by atoms with Gasteiger partial charge in [-0.15, -0.1) is 0 Å². The monoisotopic (exact) mass is 203 g/mol. The Bertz CT molecular complexity index is 552. The maximum absolute atomic E-state index is 10.9. The predicted molar refractivity (Wildman–Crippen MR) is 59.4 cm³/mol. The molecule has 0 unspecified atom stereocenters. The number of hydrogen-bond donors (Lipinski definition) is 2. The van der Waals surface area contributed by atoms with Crippen LogP contribution in [0.1, 0.15) is 0 Å². The van der Waals surface area contributed by atoms with Crippen LogP contribution in [-0.4, -0.2) is 4.92 Å². The van der Waals surface area contributed by atoms with E-state index >= 15 is 0 Å². The second-order valence-corrected chi connectivity index (χ2v) is 3.21. The van der Waals surface area contributed by atoms with Crippen molar-refractivity contribution in [1.82, 2.24) is 0 Å². The van der Waals surface area contributed by atoms with Crippen LogP contribution < -0.4 is 11.5 Å². The number of rotatable bonds is 1. The van der Waals surface area contributed by atoms with Gasteiger partial charge in [-0.05, 0) is 17.5 Å². The van der Waals surface area contributed by atoms with Gasteiger partial charge in [-0.2, -0.15) is 0 Å². The van der Waals surface area contributed by atoms with E-state index in [9.17, 15) is 10.1 Å². The quantitative estimate of drug-likeness (QED) is 0.420. The van der Waals surface area contributed by atoms with Crippen LogP contribution in [-0.2, 0) is 0 Å². The number of nitrogens with zero attached hydrogens (tertiary/aromatic N) is 1. The van der Waals surface area contributed by atoms with Crippen molar-refractivity contribution in [1.29, 1.82) is 0 Å². The Hall–Kier alpha value is -2.30. The minimum atomic E-state index is -0.506. The molecular weight excluding hydrogens is 194 g/mol. The van der Waals surface area contributed by atoms with Crippen LogP contribution in [0.3, 0.4) is 0 Å². The molecular formula is C10H9N3O2. The minimum Gasteiger partial charge on any atom is -0.397 e. The summed E-state index contributed by atoms with van der Waals surface area (Å²) in [6, 6.07) is 8.58. The third-order valence-electron chi connectivity index (χ3n) is 2.28. The van der Waals surface area contributed by atoms with Crippen molar-refractivity contribution in [2.75, 3.05) is 11.5 Å². The van der Waals surface area contributed by atoms with Gasteiger partial charge < -0.3 is 11.5 Å². The van der Waals surface area contributed by atoms with E-state index in [0.29, 0.717) is 5.39 Å². The molecule has 0 radical (unpaired) electrons. The lowest BCUT2D eigenvalue weighted by molar-refractivity contribution is -0.382. The molecule has 0 heterocycles. The number of fused-ring (bicyclic) bond motifs is 1. The Labute approximate surface area is 85.4 Å². The molecule has 0 spiro atoms. The number of nitrogens with two attached hydrogens (primary N) is 2. The maximum atomic E-state index is 10.9. The zero-order valence-electron chi connectivity index (χ0n) is 7.81. The first-order valence-corrected chi connectivity index (χ1v) is 4.32. The summed E-state index contributed by atoms with van der Waals surface area (Å²) in [5.41, 5.74) is 11.3. The fourth-order valence-corrected chi connectivity index (χ4v) is 1.56. The average molecular weight is 203 g/mol. The smallest absolute Gasteiger partial charge is 0.301 e. The molecule has 2 aromatic carbocycles. The summed E-state index contributed by atoms with van der Waals surface area (Å²) in [7, 11) is 0. The Morgan fingerprint density at radius 2 is 1.87 bits per heavy atom. The lowest BCUT2D eigenvalue weighted by atomic mass is 10.1. The van der Waals surface area contributed by atoms with E-state index in [2.05, 4.69) is 0 Å². The van der Waals surface area contributed by atoms with Gasteiger partial charge in [0.1, 0.15) is 5.69 Å². The Morgan fingerprint density at radius 1 is 1.20 bits per heavy atom. The molecule has 0 aromatic heterocycles. The summed E-state index contributed by atoms with van der Waals surface area (Å²) in [6.07, 6.45) is 0. The summed E-state index contributed by atoms with van der Waals surface area (Å²) < 4.78 is 0. The number of benzene rings is 2. The molecule has 15 heavy (non-hydrogen) atoms. The highest BCUT2D eigenvalue weighted by atomic mass is 16.6. The number of anilines is 2. The highest BCUT2D eigenvalue weighted by Crippen LogP contribution is 2.35. The van der Waals surface area contributed by atoms with Gasteiger partial charge in [0, 0.05) is 0 Å². The first-order chi connectivity index (χ1) is 7.11. The second kappa shape index (κ2) is 3.13. The second-order valence-electron chi connectivity index (χ2n) is 3.21. The number of hydrogen-bond acceptors (Lipinski definition) is 4. The van der Waals surface area contributed by atoms with Gasteiger partial charge in [-0.25, -0.2) is 0 Å². The van der Waals surface area contributed by atoms with Gasteiger partial charge in [0.25, 0.3) is 0 Å². The Kier molecular flexibility index (Phi) is 1.93. The SMILES string of the molecule is Nc1cc2ccccc2c([N+](=O)[O-])c1N. The molecule has 0 aliphatic heterocycles. The van der Waals surface area contributed by atoms with Crippen LogP contribution in [0.25, 0.3) is 10.8 Å². The van der Waals surface area contributed by atoms with Gasteiger partial charge in [0.05, 0.1) is 16.0 Å². The van der Waals surface area contributed by atoms with E-state index in [4.69, 9.17) is 11.5 Å². The number of nitro benzene ring substituents is 1. The Morgan fingerprint density at radius 3 is 2.53 bits per heavy atom. The molecule has 76 valence electrons. The highest BCUT2D eigenvalue weighted by Gasteiger charge is 2.18. The lowest BCUT2D eigenvalue weighted by Gasteiger charge is -2.05. The van der Waals surface area contributed by atoms with E-state index in [1.54, 1.807) is 30.3 Å². The molecule has 4 N–H and O–H groups in total. The molecule has 0 amide bonds. The summed E-state index contributed by atoms with van der Waals surface area (Å²) in [5, 5.41) is 12.1. The van der Waals surface area contributed by atoms with Crippen molar-refractivity contribution in [3.05, 3.63) is 40.4 Å². The predicted octanol–water partition coefficient (Wildman–Crippen LogP) is 1.91. The van der Waals surface area contributed by atoms with Crippen LogP contribution >= 0.6 is 0 Å². The van der Waals surface area contributed by atoms with Crippen LogP contribution in [0.4, 0.5) is 17.1 Å². The lowest BCUT2D eigenvalue weighted by Crippen LogP contribution is -2.01. The van der Waals surface area contributed by atoms with Crippen LogP contribution in [0.2, 0.25) is 0 Å². The maximum Gasteiger partial charge on any atom is 0.301 e. The van der Waals surface area contributed by atoms with E-state index in [1.807, 2.05) is 0 Å². The molecule has 0 aliphatic carbocycles. The van der Waals surface area contributed by atoms with Crippen molar-refractivity contribution in [3.63, 3.8) is 0 Å². The highest BCUT2D eigenvalue weighted by molar-refractivity contribution is 6.00. The molecule has 0 fully saturated rings. The van der Waals surface area contributed by atoms with Gasteiger partial charge in [-0.3, -0.25) is 10.1 Å². The average Bonchev–Trinajstić information content (AvgIpc) is 2.19. The Balaban J connectivity index is 2.95. The van der Waals surface area contributed by atoms with Crippen LogP contribution in [0, 0.1) is 10.1 Å². The molecule has 2 aromatic rings. The van der Waals surface area contributed by atoms with E-state index < -0.39 is 4.92 Å². The van der Waals surface area contributed by atoms with Crippen LogP contribution in [0.5, 0.6) is 0 Å². The molecule has 0 saturated heterocycles. The summed E-state index contributed by atoms with van der Waals surface area (Å²) in [6.45, 7) is 0. The van der Waals surface area contributed by atoms with Crippen molar-refractivity contribution in [3.8, 4) is 0 Å². The molecule has 2 rings (SSSR count).